The van der Waals surface area contributed by atoms with Crippen LogP contribution in [0.2, 0.25) is 0 Å². The molecular formula is C24H39N3O4. The molecule has 0 saturated heterocycles. The molecule has 3 amide bonds. The summed E-state index contributed by atoms with van der Waals surface area (Å²) in [4.78, 5) is 40.5. The molecule has 31 heavy (non-hydrogen) atoms. The van der Waals surface area contributed by atoms with Gasteiger partial charge in [-0.25, -0.2) is 4.79 Å². The Balaban J connectivity index is 3.36. The Kier molecular flexibility index (Phi) is 9.09. The molecule has 0 aliphatic carbocycles. The van der Waals surface area contributed by atoms with Gasteiger partial charge in [-0.2, -0.15) is 0 Å². The number of alkyl carbamates (subject to hydrolysis) is 1. The molecule has 0 heterocycles. The van der Waals surface area contributed by atoms with Gasteiger partial charge in [0.15, 0.2) is 0 Å². The Hall–Kier alpha value is -2.57. The van der Waals surface area contributed by atoms with Gasteiger partial charge in [-0.1, -0.05) is 18.2 Å². The second-order valence-electron chi connectivity index (χ2n) is 9.56. The maximum absolute atomic E-state index is 13.5. The summed E-state index contributed by atoms with van der Waals surface area (Å²) >= 11 is 0. The van der Waals surface area contributed by atoms with Crippen molar-refractivity contribution in [1.82, 2.24) is 15.5 Å². The molecule has 7 nitrogen and oxygen atoms in total. The van der Waals surface area contributed by atoms with Crippen LogP contribution in [-0.4, -0.2) is 46.5 Å². The van der Waals surface area contributed by atoms with E-state index < -0.39 is 23.8 Å². The minimum Gasteiger partial charge on any atom is -0.444 e. The molecule has 0 spiro atoms. The van der Waals surface area contributed by atoms with Crippen LogP contribution in [0.4, 0.5) is 4.79 Å². The normalized spacial score (nSPS) is 13.5. The standard InChI is InChI=1S/C24H39N3O4/c1-14(2)25-21(28)20(19-13-11-12-16(5)17(19)6)27(15(3)4)22(29)18(7)26-23(30)31-24(8,9)10/h11-15,18,20H,1-10H3,(H,25,28)(H,26,30). The molecule has 0 saturated carbocycles. The Bertz CT molecular complexity index is 797. The lowest BCUT2D eigenvalue weighted by molar-refractivity contribution is -0.144. The molecule has 0 aliphatic rings. The predicted octanol–water partition coefficient (Wildman–Crippen LogP) is 4.02. The molecule has 0 aliphatic heterocycles. The SMILES string of the molecule is Cc1cccc(C(C(=O)NC(C)C)N(C(=O)C(C)NC(=O)OC(C)(C)C)C(C)C)c1C. The largest absolute Gasteiger partial charge is 0.444 e. The van der Waals surface area contributed by atoms with Gasteiger partial charge >= 0.3 is 6.09 Å². The highest BCUT2D eigenvalue weighted by atomic mass is 16.6. The van der Waals surface area contributed by atoms with Crippen molar-refractivity contribution in [3.63, 3.8) is 0 Å². The van der Waals surface area contributed by atoms with E-state index in [-0.39, 0.29) is 23.9 Å². The smallest absolute Gasteiger partial charge is 0.408 e. The summed E-state index contributed by atoms with van der Waals surface area (Å²) in [6.45, 7) is 18.3. The zero-order valence-corrected chi connectivity index (χ0v) is 20.6. The summed E-state index contributed by atoms with van der Waals surface area (Å²) < 4.78 is 5.28. The topological polar surface area (TPSA) is 87.7 Å². The number of ether oxygens (including phenoxy) is 1. The molecule has 2 unspecified atom stereocenters. The van der Waals surface area contributed by atoms with Crippen molar-refractivity contribution in [3.05, 3.63) is 34.9 Å². The Labute approximate surface area is 186 Å². The number of carbonyl (C=O) groups is 3. The molecule has 7 heteroatoms. The Morgan fingerprint density at radius 3 is 2.03 bits per heavy atom. The zero-order valence-electron chi connectivity index (χ0n) is 20.6. The van der Waals surface area contributed by atoms with Gasteiger partial charge in [0.2, 0.25) is 11.8 Å². The fourth-order valence-electron chi connectivity index (χ4n) is 3.30. The van der Waals surface area contributed by atoms with E-state index in [9.17, 15) is 14.4 Å². The number of aryl methyl sites for hydroxylation is 1. The lowest BCUT2D eigenvalue weighted by Gasteiger charge is -2.37. The first kappa shape index (κ1) is 26.5. The third-order valence-electron chi connectivity index (χ3n) is 4.81. The molecule has 0 bridgehead atoms. The predicted molar refractivity (Wildman–Crippen MR) is 123 cm³/mol. The zero-order chi connectivity index (χ0) is 24.1. The van der Waals surface area contributed by atoms with Gasteiger partial charge in [0.25, 0.3) is 0 Å². The monoisotopic (exact) mass is 433 g/mol. The van der Waals surface area contributed by atoms with Crippen LogP contribution in [0.3, 0.4) is 0 Å². The first-order chi connectivity index (χ1) is 14.2. The number of amides is 3. The van der Waals surface area contributed by atoms with Crippen LogP contribution in [0.1, 0.15) is 78.1 Å². The van der Waals surface area contributed by atoms with E-state index in [0.717, 1.165) is 16.7 Å². The maximum atomic E-state index is 13.5. The van der Waals surface area contributed by atoms with E-state index in [0.29, 0.717) is 0 Å². The van der Waals surface area contributed by atoms with E-state index in [1.807, 2.05) is 59.7 Å². The lowest BCUT2D eigenvalue weighted by atomic mass is 9.94. The summed E-state index contributed by atoms with van der Waals surface area (Å²) in [7, 11) is 0. The first-order valence-electron chi connectivity index (χ1n) is 10.8. The van der Waals surface area contributed by atoms with Crippen LogP contribution < -0.4 is 10.6 Å². The highest BCUT2D eigenvalue weighted by molar-refractivity contribution is 5.92. The summed E-state index contributed by atoms with van der Waals surface area (Å²) in [5.74, 6) is -0.610. The van der Waals surface area contributed by atoms with Crippen molar-refractivity contribution in [2.75, 3.05) is 0 Å². The Morgan fingerprint density at radius 2 is 1.55 bits per heavy atom. The number of carbonyl (C=O) groups excluding carboxylic acids is 3. The van der Waals surface area contributed by atoms with Crippen molar-refractivity contribution in [1.29, 1.82) is 0 Å². The second kappa shape index (κ2) is 10.6. The van der Waals surface area contributed by atoms with Crippen LogP contribution in [0.25, 0.3) is 0 Å². The van der Waals surface area contributed by atoms with Crippen LogP contribution in [0.5, 0.6) is 0 Å². The Morgan fingerprint density at radius 1 is 0.968 bits per heavy atom. The van der Waals surface area contributed by atoms with Crippen LogP contribution in [-0.2, 0) is 14.3 Å². The third kappa shape index (κ3) is 7.56. The van der Waals surface area contributed by atoms with E-state index in [4.69, 9.17) is 4.74 Å². The van der Waals surface area contributed by atoms with Crippen LogP contribution in [0, 0.1) is 13.8 Å². The van der Waals surface area contributed by atoms with Crippen LogP contribution in [0.15, 0.2) is 18.2 Å². The number of nitrogens with zero attached hydrogens (tertiary/aromatic N) is 1. The molecular weight excluding hydrogens is 394 g/mol. The number of benzene rings is 1. The van der Waals surface area contributed by atoms with E-state index in [1.54, 1.807) is 32.6 Å². The van der Waals surface area contributed by atoms with Crippen molar-refractivity contribution in [3.8, 4) is 0 Å². The van der Waals surface area contributed by atoms with Crippen molar-refractivity contribution < 1.29 is 19.1 Å². The van der Waals surface area contributed by atoms with Crippen LogP contribution >= 0.6 is 0 Å². The molecule has 1 rings (SSSR count). The second-order valence-corrected chi connectivity index (χ2v) is 9.56. The minimum absolute atomic E-state index is 0.0819. The highest BCUT2D eigenvalue weighted by Crippen LogP contribution is 2.29. The number of rotatable bonds is 7. The van der Waals surface area contributed by atoms with Gasteiger partial charge < -0.3 is 20.3 Å². The van der Waals surface area contributed by atoms with Gasteiger partial charge in [0, 0.05) is 12.1 Å². The van der Waals surface area contributed by atoms with Gasteiger partial charge in [-0.3, -0.25) is 9.59 Å². The summed E-state index contributed by atoms with van der Waals surface area (Å²) in [6.07, 6.45) is -0.674. The highest BCUT2D eigenvalue weighted by Gasteiger charge is 2.37. The lowest BCUT2D eigenvalue weighted by Crippen LogP contribution is -2.54. The number of hydrogen-bond donors (Lipinski definition) is 2. The molecule has 0 aromatic heterocycles. The van der Waals surface area contributed by atoms with Gasteiger partial charge in [-0.15, -0.1) is 0 Å². The average Bonchev–Trinajstić information content (AvgIpc) is 2.59. The molecule has 2 N–H and O–H groups in total. The minimum atomic E-state index is -0.864. The van der Waals surface area contributed by atoms with E-state index >= 15 is 0 Å². The maximum Gasteiger partial charge on any atom is 0.408 e. The van der Waals surface area contributed by atoms with Gasteiger partial charge in [-0.05, 0) is 85.9 Å². The molecule has 0 fully saturated rings. The molecule has 0 radical (unpaired) electrons. The first-order valence-corrected chi connectivity index (χ1v) is 10.8. The quantitative estimate of drug-likeness (QED) is 0.680. The van der Waals surface area contributed by atoms with Crippen molar-refractivity contribution >= 4 is 17.9 Å². The average molecular weight is 434 g/mol. The molecule has 174 valence electrons. The molecule has 1 aromatic rings. The number of nitrogens with one attached hydrogen (secondary N) is 2. The fourth-order valence-corrected chi connectivity index (χ4v) is 3.30. The fraction of sp³-hybridized carbons (Fsp3) is 0.625. The summed E-state index contributed by atoms with van der Waals surface area (Å²) in [5, 5.41) is 5.54. The molecule has 2 atom stereocenters. The van der Waals surface area contributed by atoms with E-state index in [2.05, 4.69) is 10.6 Å². The third-order valence-corrected chi connectivity index (χ3v) is 4.81. The van der Waals surface area contributed by atoms with Gasteiger partial charge in [0.1, 0.15) is 17.7 Å². The summed E-state index contributed by atoms with van der Waals surface area (Å²) in [5.41, 5.74) is 2.08. The van der Waals surface area contributed by atoms with Crippen molar-refractivity contribution in [2.45, 2.75) is 99.0 Å². The van der Waals surface area contributed by atoms with E-state index in [1.165, 1.54) is 0 Å². The summed E-state index contributed by atoms with van der Waals surface area (Å²) in [6, 6.07) is 3.69. The van der Waals surface area contributed by atoms with Crippen molar-refractivity contribution in [2.24, 2.45) is 0 Å². The molecule has 1 aromatic carbocycles. The van der Waals surface area contributed by atoms with Gasteiger partial charge in [0.05, 0.1) is 0 Å². The number of hydrogen-bond acceptors (Lipinski definition) is 4.